The van der Waals surface area contributed by atoms with E-state index in [-0.39, 0.29) is 14.9 Å². The van der Waals surface area contributed by atoms with E-state index in [4.69, 9.17) is 33.5 Å². The zero-order valence-corrected chi connectivity index (χ0v) is 8.86. The van der Waals surface area contributed by atoms with E-state index in [1.165, 1.54) is 0 Å². The average Bonchev–Trinajstić information content (AvgIpc) is 2.13. The highest BCUT2D eigenvalue weighted by Crippen LogP contribution is 2.33. The maximum Gasteiger partial charge on any atom is 0.262 e. The predicted octanol–water partition coefficient (Wildman–Crippen LogP) is 1.37. The summed E-state index contributed by atoms with van der Waals surface area (Å²) in [6.45, 7) is 0. The minimum atomic E-state index is -4.03. The number of halogens is 2. The molecule has 0 saturated carbocycles. The first-order valence-corrected chi connectivity index (χ1v) is 5.46. The summed E-state index contributed by atoms with van der Waals surface area (Å²) in [4.78, 5) is 0.765. The second kappa shape index (κ2) is 3.92. The molecule has 0 spiro atoms. The summed E-state index contributed by atoms with van der Waals surface area (Å²) in [6, 6.07) is 1.92. The van der Waals surface area contributed by atoms with Crippen molar-refractivity contribution >= 4 is 33.2 Å². The summed E-state index contributed by atoms with van der Waals surface area (Å²) in [5.74, 6) is -0.412. The summed E-state index contributed by atoms with van der Waals surface area (Å²) in [5, 5.41) is 17.0. The lowest BCUT2D eigenvalue weighted by Gasteiger charge is -2.04. The van der Waals surface area contributed by atoms with Crippen LogP contribution in [0.25, 0.3) is 0 Å². The lowest BCUT2D eigenvalue weighted by atomic mass is 10.3. The number of rotatable bonds is 2. The minimum absolute atomic E-state index is 0.216. The van der Waals surface area contributed by atoms with E-state index in [2.05, 4.69) is 0 Å². The summed E-state index contributed by atoms with van der Waals surface area (Å²) in [5.41, 5.74) is 0. The Balaban J connectivity index is 3.41. The Morgan fingerprint density at radius 2 is 1.64 bits per heavy atom. The fraction of sp³-hybridized carbons (Fsp3) is 0. The molecule has 8 heteroatoms. The molecule has 0 aliphatic heterocycles. The SMILES string of the molecule is O=S(=O)(NO)c1cc(Cl)c(O)c(Cl)c1. The van der Waals surface area contributed by atoms with Gasteiger partial charge in [0.25, 0.3) is 10.0 Å². The van der Waals surface area contributed by atoms with Crippen LogP contribution in [0.3, 0.4) is 0 Å². The Kier molecular flexibility index (Phi) is 3.23. The van der Waals surface area contributed by atoms with E-state index in [1.54, 1.807) is 0 Å². The molecule has 0 radical (unpaired) electrons. The molecule has 0 atom stereocenters. The normalized spacial score (nSPS) is 11.6. The van der Waals surface area contributed by atoms with Gasteiger partial charge in [-0.05, 0) is 12.1 Å². The lowest BCUT2D eigenvalue weighted by Crippen LogP contribution is -2.19. The second-order valence-electron chi connectivity index (χ2n) is 2.33. The largest absolute Gasteiger partial charge is 0.505 e. The molecule has 3 N–H and O–H groups in total. The van der Waals surface area contributed by atoms with Crippen molar-refractivity contribution in [2.75, 3.05) is 0 Å². The van der Waals surface area contributed by atoms with Crippen molar-refractivity contribution in [3.8, 4) is 5.75 Å². The Morgan fingerprint density at radius 3 is 2.00 bits per heavy atom. The molecule has 0 amide bonds. The fourth-order valence-electron chi connectivity index (χ4n) is 0.750. The van der Waals surface area contributed by atoms with Crippen LogP contribution in [-0.2, 0) is 10.0 Å². The number of phenols is 1. The number of hydrogen-bond acceptors (Lipinski definition) is 4. The van der Waals surface area contributed by atoms with Gasteiger partial charge in [-0.25, -0.2) is 8.42 Å². The van der Waals surface area contributed by atoms with Gasteiger partial charge >= 0.3 is 0 Å². The average molecular weight is 258 g/mol. The molecule has 14 heavy (non-hydrogen) atoms. The first kappa shape index (κ1) is 11.5. The zero-order valence-electron chi connectivity index (χ0n) is 6.53. The van der Waals surface area contributed by atoms with Gasteiger partial charge in [0.1, 0.15) is 0 Å². The number of phenolic OH excluding ortho intramolecular Hbond substituents is 1. The topological polar surface area (TPSA) is 86.6 Å². The third kappa shape index (κ3) is 2.10. The molecule has 0 aromatic heterocycles. The molecule has 0 saturated heterocycles. The molecule has 0 heterocycles. The third-order valence-corrected chi connectivity index (χ3v) is 3.09. The van der Waals surface area contributed by atoms with Crippen LogP contribution in [0, 0.1) is 0 Å². The van der Waals surface area contributed by atoms with Crippen molar-refractivity contribution < 1.29 is 18.7 Å². The Hall–Kier alpha value is -0.530. The molecule has 0 fully saturated rings. The minimum Gasteiger partial charge on any atom is -0.505 e. The van der Waals surface area contributed by atoms with Gasteiger partial charge in [-0.2, -0.15) is 0 Å². The van der Waals surface area contributed by atoms with Crippen LogP contribution in [0.2, 0.25) is 10.0 Å². The first-order chi connectivity index (χ1) is 6.38. The predicted molar refractivity (Wildman–Crippen MR) is 50.2 cm³/mol. The molecule has 0 aliphatic carbocycles. The van der Waals surface area contributed by atoms with Gasteiger partial charge in [0, 0.05) is 0 Å². The smallest absolute Gasteiger partial charge is 0.262 e. The fourth-order valence-corrected chi connectivity index (χ4v) is 2.02. The summed E-state index contributed by atoms with van der Waals surface area (Å²) < 4.78 is 22.1. The molecule has 0 unspecified atom stereocenters. The van der Waals surface area contributed by atoms with Gasteiger partial charge in [-0.3, -0.25) is 0 Å². The number of sulfonamides is 1. The van der Waals surface area contributed by atoms with Gasteiger partial charge in [0.05, 0.1) is 14.9 Å². The van der Waals surface area contributed by atoms with E-state index in [0.717, 1.165) is 17.0 Å². The van der Waals surface area contributed by atoms with Crippen LogP contribution in [0.5, 0.6) is 5.75 Å². The van der Waals surface area contributed by atoms with Crippen molar-refractivity contribution in [2.24, 2.45) is 0 Å². The lowest BCUT2D eigenvalue weighted by molar-refractivity contribution is 0.242. The Labute approximate surface area is 89.9 Å². The maximum atomic E-state index is 11.1. The van der Waals surface area contributed by atoms with E-state index in [1.807, 2.05) is 0 Å². The molecule has 78 valence electrons. The Bertz CT molecular complexity index is 436. The van der Waals surface area contributed by atoms with E-state index in [9.17, 15) is 8.42 Å². The van der Waals surface area contributed by atoms with Gasteiger partial charge < -0.3 is 10.3 Å². The van der Waals surface area contributed by atoms with E-state index in [0.29, 0.717) is 0 Å². The summed E-state index contributed by atoms with van der Waals surface area (Å²) in [6.07, 6.45) is 0. The highest BCUT2D eigenvalue weighted by atomic mass is 35.5. The zero-order chi connectivity index (χ0) is 10.9. The van der Waals surface area contributed by atoms with Crippen LogP contribution in [0.1, 0.15) is 0 Å². The molecular weight excluding hydrogens is 253 g/mol. The van der Waals surface area contributed by atoms with Gasteiger partial charge in [-0.15, -0.1) is 0 Å². The standard InChI is InChI=1S/C6H5Cl2NO4S/c7-4-1-3(14(12,13)9-11)2-5(8)6(4)10/h1-2,9-11H. The van der Waals surface area contributed by atoms with Crippen molar-refractivity contribution in [1.82, 2.24) is 4.89 Å². The molecule has 0 aliphatic rings. The van der Waals surface area contributed by atoms with Gasteiger partial charge in [-0.1, -0.05) is 28.1 Å². The number of nitrogens with one attached hydrogen (secondary N) is 1. The van der Waals surface area contributed by atoms with Crippen molar-refractivity contribution in [3.05, 3.63) is 22.2 Å². The number of benzene rings is 1. The molecule has 0 bridgehead atoms. The van der Waals surface area contributed by atoms with Crippen LogP contribution >= 0.6 is 23.2 Å². The van der Waals surface area contributed by atoms with Crippen molar-refractivity contribution in [2.45, 2.75) is 4.90 Å². The highest BCUT2D eigenvalue weighted by Gasteiger charge is 2.16. The van der Waals surface area contributed by atoms with Crippen LogP contribution in [0.15, 0.2) is 17.0 Å². The van der Waals surface area contributed by atoms with Crippen molar-refractivity contribution in [1.29, 1.82) is 0 Å². The van der Waals surface area contributed by atoms with Crippen LogP contribution in [0.4, 0.5) is 0 Å². The van der Waals surface area contributed by atoms with E-state index < -0.39 is 15.8 Å². The molecular formula is C6H5Cl2NO4S. The van der Waals surface area contributed by atoms with E-state index >= 15 is 0 Å². The highest BCUT2D eigenvalue weighted by molar-refractivity contribution is 7.89. The van der Waals surface area contributed by atoms with Gasteiger partial charge in [0.2, 0.25) is 0 Å². The molecule has 1 aromatic rings. The second-order valence-corrected chi connectivity index (χ2v) is 4.81. The summed E-state index contributed by atoms with van der Waals surface area (Å²) in [7, 11) is -4.03. The monoisotopic (exact) mass is 257 g/mol. The number of aromatic hydroxyl groups is 1. The van der Waals surface area contributed by atoms with Gasteiger partial charge in [0.15, 0.2) is 5.75 Å². The third-order valence-electron chi connectivity index (χ3n) is 1.42. The van der Waals surface area contributed by atoms with Crippen LogP contribution in [-0.4, -0.2) is 18.7 Å². The van der Waals surface area contributed by atoms with Crippen LogP contribution < -0.4 is 4.89 Å². The summed E-state index contributed by atoms with van der Waals surface area (Å²) >= 11 is 10.9. The molecule has 1 aromatic carbocycles. The quantitative estimate of drug-likeness (QED) is 0.699. The first-order valence-electron chi connectivity index (χ1n) is 3.22. The maximum absolute atomic E-state index is 11.1. The molecule has 1 rings (SSSR count). The number of hydrogen-bond donors (Lipinski definition) is 3. The van der Waals surface area contributed by atoms with Crippen molar-refractivity contribution in [3.63, 3.8) is 0 Å². The molecule has 5 nitrogen and oxygen atoms in total. The Morgan fingerprint density at radius 1 is 1.21 bits per heavy atom.